The molecular formula is C29H29F2NO10. The van der Waals surface area contributed by atoms with E-state index in [1.807, 2.05) is 0 Å². The number of likely N-dealkylation sites (tertiary alicyclic amines) is 1. The van der Waals surface area contributed by atoms with Crippen LogP contribution in [0.3, 0.4) is 0 Å². The highest BCUT2D eigenvalue weighted by Gasteiger charge is 2.54. The molecular weight excluding hydrogens is 560 g/mol. The molecule has 1 saturated heterocycles. The summed E-state index contributed by atoms with van der Waals surface area (Å²) in [6.07, 6.45) is -4.17. The zero-order chi connectivity index (χ0) is 30.8. The Morgan fingerprint density at radius 1 is 1.00 bits per heavy atom. The number of imide groups is 1. The number of halogens is 2. The maximum atomic E-state index is 13.3. The van der Waals surface area contributed by atoms with Crippen molar-refractivity contribution in [1.29, 1.82) is 0 Å². The van der Waals surface area contributed by atoms with E-state index in [4.69, 9.17) is 9.47 Å². The fourth-order valence-corrected chi connectivity index (χ4v) is 4.72. The minimum atomic E-state index is -3.79. The number of amides is 2. The first-order chi connectivity index (χ1) is 19.8. The Morgan fingerprint density at radius 2 is 1.69 bits per heavy atom. The topological polar surface area (TPSA) is 146 Å². The Hall–Kier alpha value is -4.55. The lowest BCUT2D eigenvalue weighted by Crippen LogP contribution is -2.66. The molecule has 2 amide bonds. The van der Waals surface area contributed by atoms with E-state index in [0.29, 0.717) is 21.6 Å². The summed E-state index contributed by atoms with van der Waals surface area (Å²) in [6, 6.07) is 9.27. The van der Waals surface area contributed by atoms with Gasteiger partial charge in [-0.2, -0.15) is 0 Å². The molecule has 11 nitrogen and oxygen atoms in total. The number of carbonyl (C=O) groups excluding carboxylic acids is 4. The van der Waals surface area contributed by atoms with Crippen molar-refractivity contribution < 1.29 is 56.8 Å². The van der Waals surface area contributed by atoms with Crippen molar-refractivity contribution in [3.8, 4) is 11.5 Å². The van der Waals surface area contributed by atoms with Gasteiger partial charge in [-0.25, -0.2) is 4.79 Å². The molecule has 224 valence electrons. The molecule has 0 unspecified atom stereocenters. The molecule has 2 aromatic carbocycles. The Kier molecular flexibility index (Phi) is 8.78. The maximum Gasteiger partial charge on any atom is 0.586 e. The standard InChI is InChI=1S/C29H29F2NO10/c1-15(2)28(38)40-14-39-24(34)12-18-6-4-5-17(10-18)11-20-25(27(36)37)32(26(20)35)23(33)9-16(3)19-7-8-21-22(13-19)42-29(30,31)41-21/h4-8,10,13,15-16,20,25H,9,11-12,14H2,1-3H3,(H,36,37)/t16-,20+,25-/m0/s1. The summed E-state index contributed by atoms with van der Waals surface area (Å²) in [4.78, 5) is 62.3. The molecule has 42 heavy (non-hydrogen) atoms. The second-order valence-electron chi connectivity index (χ2n) is 10.4. The third-order valence-electron chi connectivity index (χ3n) is 6.90. The molecule has 0 aliphatic carbocycles. The van der Waals surface area contributed by atoms with Crippen molar-refractivity contribution in [2.24, 2.45) is 11.8 Å². The third kappa shape index (κ3) is 6.84. The number of ether oxygens (including phenoxy) is 4. The van der Waals surface area contributed by atoms with E-state index in [1.165, 1.54) is 18.2 Å². The minimum absolute atomic E-state index is 0.0143. The number of fused-ring (bicyclic) bond motifs is 1. The molecule has 3 atom stereocenters. The van der Waals surface area contributed by atoms with E-state index in [9.17, 15) is 37.9 Å². The molecule has 2 aliphatic heterocycles. The molecule has 4 rings (SSSR count). The molecule has 0 spiro atoms. The van der Waals surface area contributed by atoms with Crippen molar-refractivity contribution in [1.82, 2.24) is 4.90 Å². The maximum absolute atomic E-state index is 13.3. The van der Waals surface area contributed by atoms with Gasteiger partial charge in [-0.05, 0) is 41.2 Å². The van der Waals surface area contributed by atoms with E-state index in [0.717, 1.165) is 0 Å². The lowest BCUT2D eigenvalue weighted by atomic mass is 9.81. The van der Waals surface area contributed by atoms with Gasteiger partial charge >= 0.3 is 24.2 Å². The van der Waals surface area contributed by atoms with Crippen molar-refractivity contribution in [3.63, 3.8) is 0 Å². The normalized spacial score (nSPS) is 19.2. The van der Waals surface area contributed by atoms with Crippen LogP contribution in [-0.2, 0) is 46.3 Å². The van der Waals surface area contributed by atoms with Crippen LogP contribution in [0.25, 0.3) is 0 Å². The number of carboxylic acids is 1. The lowest BCUT2D eigenvalue weighted by Gasteiger charge is -2.43. The first kappa shape index (κ1) is 30.4. The highest BCUT2D eigenvalue weighted by atomic mass is 19.3. The van der Waals surface area contributed by atoms with Gasteiger partial charge in [0.25, 0.3) is 0 Å². The number of hydrogen-bond acceptors (Lipinski definition) is 9. The molecule has 1 N–H and O–H groups in total. The van der Waals surface area contributed by atoms with Gasteiger partial charge in [0, 0.05) is 6.42 Å². The Balaban J connectivity index is 1.35. The number of rotatable bonds is 11. The average Bonchev–Trinajstić information content (AvgIpc) is 3.22. The van der Waals surface area contributed by atoms with Crippen LogP contribution in [0, 0.1) is 11.8 Å². The number of benzene rings is 2. The number of carbonyl (C=O) groups is 5. The molecule has 0 aromatic heterocycles. The van der Waals surface area contributed by atoms with Gasteiger partial charge in [0.1, 0.15) is 6.04 Å². The van der Waals surface area contributed by atoms with Gasteiger partial charge in [0.15, 0.2) is 11.5 Å². The van der Waals surface area contributed by atoms with Gasteiger partial charge in [0.2, 0.25) is 18.6 Å². The van der Waals surface area contributed by atoms with Crippen LogP contribution in [0.5, 0.6) is 11.5 Å². The minimum Gasteiger partial charge on any atom is -0.480 e. The largest absolute Gasteiger partial charge is 0.586 e. The number of hydrogen-bond donors (Lipinski definition) is 1. The molecule has 2 aliphatic rings. The molecule has 0 radical (unpaired) electrons. The summed E-state index contributed by atoms with van der Waals surface area (Å²) >= 11 is 0. The highest BCUT2D eigenvalue weighted by molar-refractivity contribution is 6.08. The monoisotopic (exact) mass is 589 g/mol. The summed E-state index contributed by atoms with van der Waals surface area (Å²) < 4.78 is 45.2. The number of esters is 2. The van der Waals surface area contributed by atoms with Crippen LogP contribution < -0.4 is 9.47 Å². The van der Waals surface area contributed by atoms with Gasteiger partial charge in [-0.3, -0.25) is 24.1 Å². The fourth-order valence-electron chi connectivity index (χ4n) is 4.72. The summed E-state index contributed by atoms with van der Waals surface area (Å²) in [5.41, 5.74) is 1.58. The molecule has 1 fully saturated rings. The van der Waals surface area contributed by atoms with E-state index in [2.05, 4.69) is 9.47 Å². The van der Waals surface area contributed by atoms with Gasteiger partial charge in [0.05, 0.1) is 18.3 Å². The Labute approximate surface area is 239 Å². The van der Waals surface area contributed by atoms with Gasteiger partial charge in [-0.1, -0.05) is 51.1 Å². The molecule has 13 heteroatoms. The van der Waals surface area contributed by atoms with Crippen LogP contribution in [0.15, 0.2) is 42.5 Å². The summed E-state index contributed by atoms with van der Waals surface area (Å²) in [5, 5.41) is 9.81. The number of carboxylic acid groups (broad SMARTS) is 1. The first-order valence-corrected chi connectivity index (χ1v) is 13.1. The third-order valence-corrected chi connectivity index (χ3v) is 6.90. The molecule has 2 aromatic rings. The van der Waals surface area contributed by atoms with E-state index < -0.39 is 60.7 Å². The van der Waals surface area contributed by atoms with Crippen LogP contribution >= 0.6 is 0 Å². The molecule has 0 bridgehead atoms. The van der Waals surface area contributed by atoms with Crippen LogP contribution in [0.4, 0.5) is 8.78 Å². The zero-order valence-electron chi connectivity index (χ0n) is 23.0. The first-order valence-electron chi connectivity index (χ1n) is 13.1. The number of alkyl halides is 2. The van der Waals surface area contributed by atoms with E-state index >= 15 is 0 Å². The van der Waals surface area contributed by atoms with Gasteiger partial charge in [-0.15, -0.1) is 8.78 Å². The molecule has 2 heterocycles. The fraction of sp³-hybridized carbons (Fsp3) is 0.414. The van der Waals surface area contributed by atoms with Crippen molar-refractivity contribution in [2.75, 3.05) is 6.79 Å². The SMILES string of the molecule is CC(C)C(=O)OCOC(=O)Cc1cccc(C[C@H]2C(=O)N(C(=O)C[C@H](C)c3ccc4c(c3)OC(F)(F)O4)[C@@H]2C(=O)O)c1. The summed E-state index contributed by atoms with van der Waals surface area (Å²) in [6.45, 7) is 4.40. The Morgan fingerprint density at radius 3 is 2.38 bits per heavy atom. The number of aliphatic carboxylic acids is 1. The van der Waals surface area contributed by atoms with Crippen molar-refractivity contribution in [3.05, 3.63) is 59.2 Å². The van der Waals surface area contributed by atoms with Crippen molar-refractivity contribution in [2.45, 2.75) is 58.3 Å². The molecule has 0 saturated carbocycles. The van der Waals surface area contributed by atoms with Gasteiger partial charge < -0.3 is 24.1 Å². The smallest absolute Gasteiger partial charge is 0.480 e. The number of nitrogens with zero attached hydrogens (tertiary/aromatic N) is 1. The highest BCUT2D eigenvalue weighted by Crippen LogP contribution is 2.43. The van der Waals surface area contributed by atoms with Crippen molar-refractivity contribution >= 4 is 29.7 Å². The zero-order valence-corrected chi connectivity index (χ0v) is 23.0. The average molecular weight is 590 g/mol. The van der Waals surface area contributed by atoms with Crippen LogP contribution in [0.1, 0.15) is 49.8 Å². The number of β-lactam (4-membered cyclic amide) rings is 1. The summed E-state index contributed by atoms with van der Waals surface area (Å²) in [5.74, 6) is -6.13. The lowest BCUT2D eigenvalue weighted by molar-refractivity contribution is -0.286. The predicted octanol–water partition coefficient (Wildman–Crippen LogP) is 3.43. The van der Waals surface area contributed by atoms with E-state index in [-0.39, 0.29) is 36.7 Å². The van der Waals surface area contributed by atoms with Crippen LogP contribution in [-0.4, -0.2) is 58.9 Å². The second kappa shape index (κ2) is 12.1. The second-order valence-corrected chi connectivity index (χ2v) is 10.4. The summed E-state index contributed by atoms with van der Waals surface area (Å²) in [7, 11) is 0. The predicted molar refractivity (Wildman–Crippen MR) is 138 cm³/mol. The Bertz CT molecular complexity index is 1410. The quantitative estimate of drug-likeness (QED) is 0.235. The van der Waals surface area contributed by atoms with E-state index in [1.54, 1.807) is 45.0 Å². The van der Waals surface area contributed by atoms with Crippen LogP contribution in [0.2, 0.25) is 0 Å².